The van der Waals surface area contributed by atoms with Crippen molar-refractivity contribution in [3.63, 3.8) is 0 Å². The van der Waals surface area contributed by atoms with Crippen molar-refractivity contribution < 1.29 is 0 Å². The lowest BCUT2D eigenvalue weighted by Crippen LogP contribution is -2.27. The van der Waals surface area contributed by atoms with E-state index in [1.165, 1.54) is 18.4 Å². The molecule has 18 heavy (non-hydrogen) atoms. The van der Waals surface area contributed by atoms with Gasteiger partial charge in [0.2, 0.25) is 0 Å². The molecule has 0 unspecified atom stereocenters. The van der Waals surface area contributed by atoms with Crippen molar-refractivity contribution in [2.75, 3.05) is 13.1 Å². The van der Waals surface area contributed by atoms with Gasteiger partial charge in [-0.2, -0.15) is 0 Å². The molecule has 3 nitrogen and oxygen atoms in total. The highest BCUT2D eigenvalue weighted by Gasteiger charge is 2.18. The number of nitrogens with one attached hydrogen (secondary N) is 2. The first-order valence-corrected chi connectivity index (χ1v) is 7.14. The molecule has 1 aromatic carbocycles. The fourth-order valence-corrected chi connectivity index (χ4v) is 2.84. The number of H-pyrrole nitrogens is 1. The number of aromatic amines is 1. The van der Waals surface area contributed by atoms with Crippen molar-refractivity contribution >= 4 is 15.9 Å². The van der Waals surface area contributed by atoms with Gasteiger partial charge in [0.15, 0.2) is 0 Å². The van der Waals surface area contributed by atoms with Gasteiger partial charge in [-0.3, -0.25) is 0 Å². The van der Waals surface area contributed by atoms with Crippen LogP contribution in [0.2, 0.25) is 0 Å². The van der Waals surface area contributed by atoms with Gasteiger partial charge in [-0.15, -0.1) is 0 Å². The predicted octanol–water partition coefficient (Wildman–Crippen LogP) is 3.31. The standard InChI is InChI=1S/C14H16BrN3/c15-12-3-1-2-11(8-12)13-9-17-14(18-13)10-4-6-16-7-5-10/h1-3,8-10,16H,4-7H2,(H,17,18). The molecule has 1 aliphatic rings. The summed E-state index contributed by atoms with van der Waals surface area (Å²) in [6, 6.07) is 8.29. The van der Waals surface area contributed by atoms with Crippen LogP contribution in [0, 0.1) is 0 Å². The van der Waals surface area contributed by atoms with Gasteiger partial charge in [-0.1, -0.05) is 28.1 Å². The maximum absolute atomic E-state index is 4.55. The molecule has 0 aliphatic carbocycles. The fourth-order valence-electron chi connectivity index (χ4n) is 2.44. The molecule has 0 atom stereocenters. The molecule has 1 aliphatic heterocycles. The summed E-state index contributed by atoms with van der Waals surface area (Å²) >= 11 is 3.50. The van der Waals surface area contributed by atoms with E-state index in [9.17, 15) is 0 Å². The predicted molar refractivity (Wildman–Crippen MR) is 76.6 cm³/mol. The SMILES string of the molecule is Brc1cccc(-c2cnc(C3CCNCC3)[nH]2)c1. The second-order valence-corrected chi connectivity index (χ2v) is 5.63. The Morgan fingerprint density at radius 3 is 2.83 bits per heavy atom. The van der Waals surface area contributed by atoms with Gasteiger partial charge in [-0.05, 0) is 38.1 Å². The van der Waals surface area contributed by atoms with E-state index < -0.39 is 0 Å². The maximum atomic E-state index is 4.55. The van der Waals surface area contributed by atoms with Crippen LogP contribution < -0.4 is 5.32 Å². The highest BCUT2D eigenvalue weighted by molar-refractivity contribution is 9.10. The third kappa shape index (κ3) is 2.49. The van der Waals surface area contributed by atoms with Crippen molar-refractivity contribution in [1.29, 1.82) is 0 Å². The van der Waals surface area contributed by atoms with Crippen LogP contribution in [0.25, 0.3) is 11.3 Å². The number of aromatic nitrogens is 2. The molecule has 2 aromatic rings. The number of nitrogens with zero attached hydrogens (tertiary/aromatic N) is 1. The third-order valence-corrected chi connectivity index (χ3v) is 3.95. The molecule has 0 saturated carbocycles. The number of hydrogen-bond acceptors (Lipinski definition) is 2. The normalized spacial score (nSPS) is 16.9. The average Bonchev–Trinajstić information content (AvgIpc) is 2.89. The van der Waals surface area contributed by atoms with E-state index in [-0.39, 0.29) is 0 Å². The van der Waals surface area contributed by atoms with Crippen molar-refractivity contribution in [2.45, 2.75) is 18.8 Å². The molecule has 3 rings (SSSR count). The number of piperidine rings is 1. The van der Waals surface area contributed by atoms with Gasteiger partial charge in [0.05, 0.1) is 11.9 Å². The molecule has 1 aromatic heterocycles. The summed E-state index contributed by atoms with van der Waals surface area (Å²) < 4.78 is 1.10. The van der Waals surface area contributed by atoms with Crippen LogP contribution in [-0.4, -0.2) is 23.1 Å². The fraction of sp³-hybridized carbons (Fsp3) is 0.357. The van der Waals surface area contributed by atoms with Crippen LogP contribution in [-0.2, 0) is 0 Å². The summed E-state index contributed by atoms with van der Waals surface area (Å²) in [4.78, 5) is 8.01. The molecule has 0 radical (unpaired) electrons. The van der Waals surface area contributed by atoms with Gasteiger partial charge in [-0.25, -0.2) is 4.98 Å². The summed E-state index contributed by atoms with van der Waals surface area (Å²) in [5.41, 5.74) is 2.28. The highest BCUT2D eigenvalue weighted by atomic mass is 79.9. The number of halogens is 1. The smallest absolute Gasteiger partial charge is 0.109 e. The Morgan fingerprint density at radius 2 is 2.06 bits per heavy atom. The topological polar surface area (TPSA) is 40.7 Å². The van der Waals surface area contributed by atoms with Gasteiger partial charge >= 0.3 is 0 Å². The van der Waals surface area contributed by atoms with Crippen LogP contribution in [0.15, 0.2) is 34.9 Å². The molecule has 94 valence electrons. The Bertz CT molecular complexity index is 529. The lowest BCUT2D eigenvalue weighted by molar-refractivity contribution is 0.447. The van der Waals surface area contributed by atoms with Crippen LogP contribution in [0.1, 0.15) is 24.6 Å². The van der Waals surface area contributed by atoms with Crippen molar-refractivity contribution in [1.82, 2.24) is 15.3 Å². The van der Waals surface area contributed by atoms with Gasteiger partial charge < -0.3 is 10.3 Å². The molecule has 0 bridgehead atoms. The summed E-state index contributed by atoms with van der Waals surface area (Å²) in [6.45, 7) is 2.19. The third-order valence-electron chi connectivity index (χ3n) is 3.46. The number of hydrogen-bond donors (Lipinski definition) is 2. The van der Waals surface area contributed by atoms with E-state index in [4.69, 9.17) is 0 Å². The van der Waals surface area contributed by atoms with Crippen molar-refractivity contribution in [3.05, 3.63) is 40.8 Å². The first-order chi connectivity index (χ1) is 8.83. The Hall–Kier alpha value is -1.13. The zero-order valence-corrected chi connectivity index (χ0v) is 11.7. The number of imidazole rings is 1. The zero-order chi connectivity index (χ0) is 12.4. The van der Waals surface area contributed by atoms with Crippen LogP contribution in [0.4, 0.5) is 0 Å². The summed E-state index contributed by atoms with van der Waals surface area (Å²) in [6.07, 6.45) is 4.29. The molecular formula is C14H16BrN3. The lowest BCUT2D eigenvalue weighted by atomic mass is 9.98. The molecule has 0 spiro atoms. The average molecular weight is 306 g/mol. The molecule has 0 amide bonds. The Labute approximate surface area is 115 Å². The van der Waals surface area contributed by atoms with Gasteiger partial charge in [0.25, 0.3) is 0 Å². The molecular weight excluding hydrogens is 290 g/mol. The van der Waals surface area contributed by atoms with E-state index in [1.807, 2.05) is 18.3 Å². The maximum Gasteiger partial charge on any atom is 0.109 e. The minimum absolute atomic E-state index is 0.576. The number of rotatable bonds is 2. The first kappa shape index (κ1) is 11.9. The van der Waals surface area contributed by atoms with E-state index >= 15 is 0 Å². The number of benzene rings is 1. The molecule has 1 fully saturated rings. The highest BCUT2D eigenvalue weighted by Crippen LogP contribution is 2.26. The Balaban J connectivity index is 1.84. The minimum atomic E-state index is 0.576. The van der Waals surface area contributed by atoms with E-state index in [0.29, 0.717) is 5.92 Å². The van der Waals surface area contributed by atoms with E-state index in [2.05, 4.69) is 43.3 Å². The Kier molecular flexibility index (Phi) is 3.48. The van der Waals surface area contributed by atoms with Crippen LogP contribution in [0.5, 0.6) is 0 Å². The first-order valence-electron chi connectivity index (χ1n) is 6.34. The summed E-state index contributed by atoms with van der Waals surface area (Å²) in [7, 11) is 0. The van der Waals surface area contributed by atoms with Gasteiger partial charge in [0.1, 0.15) is 5.82 Å². The second-order valence-electron chi connectivity index (χ2n) is 4.72. The van der Waals surface area contributed by atoms with E-state index in [0.717, 1.165) is 29.1 Å². The van der Waals surface area contributed by atoms with E-state index in [1.54, 1.807) is 0 Å². The second kappa shape index (κ2) is 5.24. The van der Waals surface area contributed by atoms with Crippen molar-refractivity contribution in [3.8, 4) is 11.3 Å². The monoisotopic (exact) mass is 305 g/mol. The molecule has 4 heteroatoms. The summed E-state index contributed by atoms with van der Waals surface area (Å²) in [5, 5.41) is 3.38. The largest absolute Gasteiger partial charge is 0.342 e. The summed E-state index contributed by atoms with van der Waals surface area (Å²) in [5.74, 6) is 1.71. The minimum Gasteiger partial charge on any atom is -0.342 e. The quantitative estimate of drug-likeness (QED) is 0.894. The molecule has 2 heterocycles. The zero-order valence-electron chi connectivity index (χ0n) is 10.1. The Morgan fingerprint density at radius 1 is 1.22 bits per heavy atom. The van der Waals surface area contributed by atoms with Crippen molar-refractivity contribution in [2.24, 2.45) is 0 Å². The van der Waals surface area contributed by atoms with Crippen LogP contribution >= 0.6 is 15.9 Å². The lowest BCUT2D eigenvalue weighted by Gasteiger charge is -2.20. The molecule has 2 N–H and O–H groups in total. The molecule has 1 saturated heterocycles. The van der Waals surface area contributed by atoms with Gasteiger partial charge in [0, 0.05) is 16.0 Å². The van der Waals surface area contributed by atoms with Crippen LogP contribution in [0.3, 0.4) is 0 Å².